The molecule has 1 N–H and O–H groups in total. The number of aromatic nitrogens is 1. The van der Waals surface area contributed by atoms with Gasteiger partial charge in [-0.3, -0.25) is 19.0 Å². The van der Waals surface area contributed by atoms with Crippen molar-refractivity contribution < 1.29 is 14.0 Å². The van der Waals surface area contributed by atoms with Gasteiger partial charge in [0.15, 0.2) is 4.80 Å². The number of nitrogens with one attached hydrogen (secondary N) is 1. The lowest BCUT2D eigenvalue weighted by Gasteiger charge is -2.25. The van der Waals surface area contributed by atoms with Gasteiger partial charge in [0.1, 0.15) is 10.3 Å². The predicted molar refractivity (Wildman–Crippen MR) is 173 cm³/mol. The Morgan fingerprint density at radius 3 is 2.36 bits per heavy atom. The van der Waals surface area contributed by atoms with Crippen LogP contribution in [0.4, 0.5) is 15.8 Å². The van der Waals surface area contributed by atoms with Crippen molar-refractivity contribution in [3.63, 3.8) is 0 Å². The Bertz CT molecular complexity index is 2210. The molecular weight excluding hydrogens is 611 g/mol. The van der Waals surface area contributed by atoms with E-state index in [4.69, 9.17) is 11.6 Å². The number of carbonyl (C=O) groups excluding carboxylic acids is 2. The first-order chi connectivity index (χ1) is 21.8. The molecule has 1 aromatic heterocycles. The molecule has 0 spiro atoms. The van der Waals surface area contributed by atoms with E-state index in [1.165, 1.54) is 16.7 Å². The number of allylic oxidation sites excluding steroid dienone is 1. The third-order valence-electron chi connectivity index (χ3n) is 7.86. The number of fused-ring (bicyclic) bond motifs is 2. The van der Waals surface area contributed by atoms with Crippen molar-refractivity contribution in [1.82, 2.24) is 4.57 Å². The number of thiazole rings is 1. The Balaban J connectivity index is 1.40. The Morgan fingerprint density at radius 1 is 0.933 bits per heavy atom. The van der Waals surface area contributed by atoms with Gasteiger partial charge in [0, 0.05) is 16.3 Å². The van der Waals surface area contributed by atoms with Gasteiger partial charge in [-0.1, -0.05) is 83.6 Å². The maximum atomic E-state index is 14.4. The van der Waals surface area contributed by atoms with Gasteiger partial charge >= 0.3 is 0 Å². The quantitative estimate of drug-likeness (QED) is 0.274. The fourth-order valence-corrected chi connectivity index (χ4v) is 7.03. The maximum absolute atomic E-state index is 14.4. The van der Waals surface area contributed by atoms with Crippen molar-refractivity contribution >= 4 is 51.7 Å². The molecule has 0 unspecified atom stereocenters. The summed E-state index contributed by atoms with van der Waals surface area (Å²) in [5, 5.41) is 3.49. The minimum atomic E-state index is -0.906. The van der Waals surface area contributed by atoms with E-state index in [2.05, 4.69) is 10.3 Å². The van der Waals surface area contributed by atoms with Crippen molar-refractivity contribution in [3.8, 4) is 0 Å². The molecule has 0 saturated carbocycles. The SMILES string of the molecule is CC1=C(C(=O)Nc2ccccc2)[C@H](c2ccc(F)cc2)n2c(s/c(=C3/C(=O)N(Cc4ccc(Cl)cc4)c4ccccc43)c2=O)=N1. The highest BCUT2D eigenvalue weighted by Gasteiger charge is 2.37. The molecule has 45 heavy (non-hydrogen) atoms. The van der Waals surface area contributed by atoms with Gasteiger partial charge in [0.25, 0.3) is 17.4 Å². The molecule has 222 valence electrons. The van der Waals surface area contributed by atoms with Crippen LogP contribution in [0.25, 0.3) is 5.57 Å². The summed E-state index contributed by atoms with van der Waals surface area (Å²) in [6, 6.07) is 28.4. The summed E-state index contributed by atoms with van der Waals surface area (Å²) in [6.07, 6.45) is 0. The van der Waals surface area contributed by atoms with Crippen LogP contribution in [0.15, 0.2) is 124 Å². The van der Waals surface area contributed by atoms with E-state index in [9.17, 15) is 18.8 Å². The summed E-state index contributed by atoms with van der Waals surface area (Å²) >= 11 is 7.18. The molecule has 0 aliphatic carbocycles. The van der Waals surface area contributed by atoms with Crippen LogP contribution in [0.2, 0.25) is 5.02 Å². The largest absolute Gasteiger partial charge is 0.322 e. The molecular formula is C35H24ClFN4O3S. The highest BCUT2D eigenvalue weighted by Crippen LogP contribution is 2.37. The summed E-state index contributed by atoms with van der Waals surface area (Å²) in [5.41, 5.74) is 3.79. The number of carbonyl (C=O) groups is 2. The van der Waals surface area contributed by atoms with Gasteiger partial charge in [-0.05, 0) is 60.5 Å². The van der Waals surface area contributed by atoms with Crippen LogP contribution < -0.4 is 25.1 Å². The lowest BCUT2D eigenvalue weighted by molar-refractivity contribution is -0.114. The Morgan fingerprint density at radius 2 is 1.62 bits per heavy atom. The second-order valence-electron chi connectivity index (χ2n) is 10.7. The number of para-hydroxylation sites is 2. The lowest BCUT2D eigenvalue weighted by atomic mass is 9.95. The number of benzene rings is 4. The van der Waals surface area contributed by atoms with E-state index < -0.39 is 23.3 Å². The molecule has 0 fully saturated rings. The third-order valence-corrected chi connectivity index (χ3v) is 9.17. The molecule has 0 bridgehead atoms. The van der Waals surface area contributed by atoms with Gasteiger partial charge in [0.05, 0.1) is 35.1 Å². The zero-order chi connectivity index (χ0) is 31.2. The van der Waals surface area contributed by atoms with Gasteiger partial charge < -0.3 is 10.2 Å². The van der Waals surface area contributed by atoms with E-state index in [1.54, 1.807) is 60.4 Å². The Labute approximate surface area is 265 Å². The Hall–Kier alpha value is -5.12. The van der Waals surface area contributed by atoms with Crippen LogP contribution in [0.3, 0.4) is 0 Å². The summed E-state index contributed by atoms with van der Waals surface area (Å²) < 4.78 is 15.7. The molecule has 7 rings (SSSR count). The van der Waals surface area contributed by atoms with Crippen molar-refractivity contribution in [1.29, 1.82) is 0 Å². The zero-order valence-electron chi connectivity index (χ0n) is 23.8. The highest BCUT2D eigenvalue weighted by atomic mass is 35.5. The molecule has 2 aliphatic heterocycles. The van der Waals surface area contributed by atoms with Crippen molar-refractivity contribution in [2.24, 2.45) is 4.99 Å². The number of nitrogens with zero attached hydrogens (tertiary/aromatic N) is 3. The second-order valence-corrected chi connectivity index (χ2v) is 12.1. The van der Waals surface area contributed by atoms with Gasteiger partial charge in [-0.15, -0.1) is 0 Å². The predicted octanol–water partition coefficient (Wildman–Crippen LogP) is 5.58. The van der Waals surface area contributed by atoms with Crippen LogP contribution in [0.1, 0.15) is 29.7 Å². The number of anilines is 2. The minimum absolute atomic E-state index is 0.217. The van der Waals surface area contributed by atoms with Gasteiger partial charge in [-0.25, -0.2) is 9.38 Å². The number of hydrogen-bond donors (Lipinski definition) is 1. The molecule has 5 aromatic rings. The fraction of sp³-hybridized carbons (Fsp3) is 0.0857. The summed E-state index contributed by atoms with van der Waals surface area (Å²) in [4.78, 5) is 49.0. The first-order valence-electron chi connectivity index (χ1n) is 14.1. The highest BCUT2D eigenvalue weighted by molar-refractivity contribution is 7.07. The lowest BCUT2D eigenvalue weighted by Crippen LogP contribution is -2.41. The summed E-state index contributed by atoms with van der Waals surface area (Å²) in [7, 11) is 0. The standard InChI is InChI=1S/C35H24ClFN4O3S/c1-20-28(32(42)39-25-7-3-2-4-8-25)30(22-13-17-24(37)18-14-22)41-34(44)31(45-35(41)38-20)29-26-9-5-6-10-27(26)40(33(29)43)19-21-11-15-23(36)16-12-21/h2-18,30H,19H2,1H3,(H,39,42)/b31-29+/t30-/m0/s1. The number of hydrogen-bond acceptors (Lipinski definition) is 5. The average Bonchev–Trinajstić information content (AvgIpc) is 3.50. The van der Waals surface area contributed by atoms with E-state index in [0.29, 0.717) is 38.0 Å². The fourth-order valence-electron chi connectivity index (χ4n) is 5.77. The maximum Gasteiger partial charge on any atom is 0.271 e. The van der Waals surface area contributed by atoms with Gasteiger partial charge in [-0.2, -0.15) is 0 Å². The molecule has 0 radical (unpaired) electrons. The molecule has 10 heteroatoms. The Kier molecular flexibility index (Phi) is 7.27. The van der Waals surface area contributed by atoms with Crippen LogP contribution >= 0.6 is 22.9 Å². The molecule has 2 amide bonds. The van der Waals surface area contributed by atoms with E-state index in [0.717, 1.165) is 16.9 Å². The van der Waals surface area contributed by atoms with Gasteiger partial charge in [0.2, 0.25) is 0 Å². The van der Waals surface area contributed by atoms with Crippen LogP contribution in [0.5, 0.6) is 0 Å². The normalized spacial score (nSPS) is 16.7. The number of halogens is 2. The summed E-state index contributed by atoms with van der Waals surface area (Å²) in [5.74, 6) is -1.20. The molecule has 1 atom stereocenters. The number of rotatable bonds is 5. The zero-order valence-corrected chi connectivity index (χ0v) is 25.4. The van der Waals surface area contributed by atoms with Crippen molar-refractivity contribution in [2.45, 2.75) is 19.5 Å². The number of amides is 2. The first kappa shape index (κ1) is 28.6. The molecule has 0 saturated heterocycles. The smallest absolute Gasteiger partial charge is 0.271 e. The molecule has 2 aliphatic rings. The van der Waals surface area contributed by atoms with E-state index in [-0.39, 0.29) is 28.1 Å². The molecule has 4 aromatic carbocycles. The topological polar surface area (TPSA) is 83.8 Å². The van der Waals surface area contributed by atoms with Crippen LogP contribution in [-0.2, 0) is 16.1 Å². The first-order valence-corrected chi connectivity index (χ1v) is 15.3. The third kappa shape index (κ3) is 5.09. The van der Waals surface area contributed by atoms with Crippen molar-refractivity contribution in [3.05, 3.63) is 162 Å². The minimum Gasteiger partial charge on any atom is -0.322 e. The van der Waals surface area contributed by atoms with Crippen molar-refractivity contribution in [2.75, 3.05) is 10.2 Å². The van der Waals surface area contributed by atoms with E-state index >= 15 is 0 Å². The average molecular weight is 635 g/mol. The monoisotopic (exact) mass is 634 g/mol. The van der Waals surface area contributed by atoms with Crippen LogP contribution in [0, 0.1) is 5.82 Å². The van der Waals surface area contributed by atoms with Crippen LogP contribution in [-0.4, -0.2) is 16.4 Å². The summed E-state index contributed by atoms with van der Waals surface area (Å²) in [6.45, 7) is 2.00. The molecule has 3 heterocycles. The molecule has 7 nitrogen and oxygen atoms in total. The van der Waals surface area contributed by atoms with E-state index in [1.807, 2.05) is 42.5 Å². The second kappa shape index (κ2) is 11.4.